The van der Waals surface area contributed by atoms with Gasteiger partial charge in [0.25, 0.3) is 0 Å². The van der Waals surface area contributed by atoms with Crippen molar-refractivity contribution < 1.29 is 4.74 Å². The Morgan fingerprint density at radius 3 is 2.71 bits per heavy atom. The van der Waals surface area contributed by atoms with Gasteiger partial charge in [-0.05, 0) is 6.07 Å². The number of benzene rings is 1. The second kappa shape index (κ2) is 3.54. The van der Waals surface area contributed by atoms with Gasteiger partial charge < -0.3 is 4.74 Å². The first-order chi connectivity index (χ1) is 6.81. The minimum atomic E-state index is 0.875. The third-order valence-electron chi connectivity index (χ3n) is 2.12. The molecule has 0 aliphatic rings. The quantitative estimate of drug-likeness (QED) is 0.721. The molecule has 1 aromatic carbocycles. The zero-order chi connectivity index (χ0) is 9.97. The summed E-state index contributed by atoms with van der Waals surface area (Å²) in [6, 6.07) is 7.92. The van der Waals surface area contributed by atoms with Crippen LogP contribution in [-0.2, 0) is 7.05 Å². The number of aromatic nitrogens is 2. The van der Waals surface area contributed by atoms with E-state index in [1.165, 1.54) is 0 Å². The van der Waals surface area contributed by atoms with Gasteiger partial charge in [-0.1, -0.05) is 18.2 Å². The molecule has 0 fully saturated rings. The molecule has 1 aromatic heterocycles. The average molecular weight is 188 g/mol. The van der Waals surface area contributed by atoms with Crippen LogP contribution in [0.4, 0.5) is 0 Å². The van der Waals surface area contributed by atoms with Crippen LogP contribution >= 0.6 is 0 Å². The van der Waals surface area contributed by atoms with E-state index in [0.717, 1.165) is 16.9 Å². The molecule has 2 aromatic rings. The zero-order valence-electron chi connectivity index (χ0n) is 8.27. The van der Waals surface area contributed by atoms with Crippen molar-refractivity contribution in [1.29, 1.82) is 0 Å². The molecule has 0 amide bonds. The van der Waals surface area contributed by atoms with Gasteiger partial charge in [0, 0.05) is 24.4 Å². The number of nitrogens with zero attached hydrogens (tertiary/aromatic N) is 2. The number of rotatable bonds is 2. The van der Waals surface area contributed by atoms with Crippen LogP contribution in [0.15, 0.2) is 36.7 Å². The second-order valence-electron chi connectivity index (χ2n) is 3.10. The Kier molecular flexibility index (Phi) is 2.23. The molecule has 1 heterocycles. The number of hydrogen-bond donors (Lipinski definition) is 0. The molecule has 0 radical (unpaired) electrons. The minimum absolute atomic E-state index is 0.875. The summed E-state index contributed by atoms with van der Waals surface area (Å²) in [5.74, 6) is 0.875. The van der Waals surface area contributed by atoms with Gasteiger partial charge in [-0.15, -0.1) is 0 Å². The summed E-state index contributed by atoms with van der Waals surface area (Å²) in [5, 5.41) is 4.13. The third-order valence-corrected chi connectivity index (χ3v) is 2.12. The van der Waals surface area contributed by atoms with Crippen LogP contribution in [0.3, 0.4) is 0 Å². The maximum absolute atomic E-state index is 5.27. The molecule has 0 N–H and O–H groups in total. The SMILES string of the molecule is COc1ccccc1-c1cnn(C)c1. The Morgan fingerprint density at radius 2 is 2.07 bits per heavy atom. The molecule has 2 rings (SSSR count). The fraction of sp³-hybridized carbons (Fsp3) is 0.182. The van der Waals surface area contributed by atoms with Crippen molar-refractivity contribution in [3.05, 3.63) is 36.7 Å². The van der Waals surface area contributed by atoms with Gasteiger partial charge in [-0.2, -0.15) is 5.10 Å². The highest BCUT2D eigenvalue weighted by Crippen LogP contribution is 2.28. The van der Waals surface area contributed by atoms with Crippen LogP contribution in [0.2, 0.25) is 0 Å². The van der Waals surface area contributed by atoms with E-state index in [1.807, 2.05) is 43.7 Å². The summed E-state index contributed by atoms with van der Waals surface area (Å²) in [7, 11) is 3.58. The van der Waals surface area contributed by atoms with Gasteiger partial charge in [-0.3, -0.25) is 4.68 Å². The molecular weight excluding hydrogens is 176 g/mol. The molecule has 14 heavy (non-hydrogen) atoms. The van der Waals surface area contributed by atoms with Crippen molar-refractivity contribution in [2.24, 2.45) is 7.05 Å². The lowest BCUT2D eigenvalue weighted by Crippen LogP contribution is -1.86. The van der Waals surface area contributed by atoms with E-state index >= 15 is 0 Å². The smallest absolute Gasteiger partial charge is 0.126 e. The van der Waals surface area contributed by atoms with Crippen molar-refractivity contribution in [3.8, 4) is 16.9 Å². The van der Waals surface area contributed by atoms with E-state index in [4.69, 9.17) is 4.74 Å². The number of hydrogen-bond acceptors (Lipinski definition) is 2. The normalized spacial score (nSPS) is 10.1. The first-order valence-electron chi connectivity index (χ1n) is 4.43. The van der Waals surface area contributed by atoms with Crippen molar-refractivity contribution in [3.63, 3.8) is 0 Å². The summed E-state index contributed by atoms with van der Waals surface area (Å²) in [5.41, 5.74) is 2.15. The first-order valence-corrected chi connectivity index (χ1v) is 4.43. The molecule has 0 spiro atoms. The van der Waals surface area contributed by atoms with Crippen LogP contribution in [-0.4, -0.2) is 16.9 Å². The van der Waals surface area contributed by atoms with Gasteiger partial charge in [0.2, 0.25) is 0 Å². The topological polar surface area (TPSA) is 27.1 Å². The summed E-state index contributed by atoms with van der Waals surface area (Å²) >= 11 is 0. The highest BCUT2D eigenvalue weighted by Gasteiger charge is 2.05. The van der Waals surface area contributed by atoms with E-state index in [9.17, 15) is 0 Å². The standard InChI is InChI=1S/C11H12N2O/c1-13-8-9(7-12-13)10-5-3-4-6-11(10)14-2/h3-8H,1-2H3. The second-order valence-corrected chi connectivity index (χ2v) is 3.10. The van der Waals surface area contributed by atoms with Crippen LogP contribution in [0.5, 0.6) is 5.75 Å². The molecule has 0 saturated carbocycles. The highest BCUT2D eigenvalue weighted by molar-refractivity contribution is 5.69. The van der Waals surface area contributed by atoms with Crippen LogP contribution < -0.4 is 4.74 Å². The highest BCUT2D eigenvalue weighted by atomic mass is 16.5. The Morgan fingerprint density at radius 1 is 1.29 bits per heavy atom. The molecule has 0 aliphatic carbocycles. The molecule has 0 saturated heterocycles. The van der Waals surface area contributed by atoms with Crippen molar-refractivity contribution in [2.45, 2.75) is 0 Å². The predicted molar refractivity (Wildman–Crippen MR) is 55.2 cm³/mol. The Hall–Kier alpha value is -1.77. The van der Waals surface area contributed by atoms with Crippen LogP contribution in [0.1, 0.15) is 0 Å². The molecule has 0 aliphatic heterocycles. The molecular formula is C11H12N2O. The van der Waals surface area contributed by atoms with Crippen molar-refractivity contribution in [1.82, 2.24) is 9.78 Å². The Bertz CT molecular complexity index is 434. The van der Waals surface area contributed by atoms with E-state index < -0.39 is 0 Å². The predicted octanol–water partition coefficient (Wildman–Crippen LogP) is 2.10. The Balaban J connectivity index is 2.50. The average Bonchev–Trinajstić information content (AvgIpc) is 2.65. The fourth-order valence-electron chi connectivity index (χ4n) is 1.44. The van der Waals surface area contributed by atoms with Gasteiger partial charge in [0.1, 0.15) is 5.75 Å². The summed E-state index contributed by atoms with van der Waals surface area (Å²) < 4.78 is 7.05. The number of para-hydroxylation sites is 1. The monoisotopic (exact) mass is 188 g/mol. The maximum Gasteiger partial charge on any atom is 0.126 e. The van der Waals surface area contributed by atoms with Crippen LogP contribution in [0, 0.1) is 0 Å². The number of methoxy groups -OCH3 is 1. The van der Waals surface area contributed by atoms with Crippen molar-refractivity contribution >= 4 is 0 Å². The molecule has 3 heteroatoms. The zero-order valence-corrected chi connectivity index (χ0v) is 8.27. The first kappa shape index (κ1) is 8.81. The molecule has 3 nitrogen and oxygen atoms in total. The Labute approximate surface area is 82.9 Å². The summed E-state index contributed by atoms with van der Waals surface area (Å²) in [6.45, 7) is 0. The molecule has 72 valence electrons. The third kappa shape index (κ3) is 1.48. The van der Waals surface area contributed by atoms with E-state index in [1.54, 1.807) is 11.8 Å². The maximum atomic E-state index is 5.27. The number of ether oxygens (including phenoxy) is 1. The van der Waals surface area contributed by atoms with Gasteiger partial charge in [0.05, 0.1) is 13.3 Å². The lowest BCUT2D eigenvalue weighted by molar-refractivity contribution is 0.416. The van der Waals surface area contributed by atoms with Gasteiger partial charge >= 0.3 is 0 Å². The molecule has 0 bridgehead atoms. The molecule has 0 unspecified atom stereocenters. The summed E-state index contributed by atoms with van der Waals surface area (Å²) in [6.07, 6.45) is 3.80. The van der Waals surface area contributed by atoms with Crippen LogP contribution in [0.25, 0.3) is 11.1 Å². The van der Waals surface area contributed by atoms with Gasteiger partial charge in [0.15, 0.2) is 0 Å². The lowest BCUT2D eigenvalue weighted by Gasteiger charge is -2.04. The van der Waals surface area contributed by atoms with E-state index in [-0.39, 0.29) is 0 Å². The van der Waals surface area contributed by atoms with Gasteiger partial charge in [-0.25, -0.2) is 0 Å². The van der Waals surface area contributed by atoms with Crippen molar-refractivity contribution in [2.75, 3.05) is 7.11 Å². The summed E-state index contributed by atoms with van der Waals surface area (Å²) in [4.78, 5) is 0. The fourth-order valence-corrected chi connectivity index (χ4v) is 1.44. The number of aryl methyl sites for hydroxylation is 1. The van der Waals surface area contributed by atoms with E-state index in [2.05, 4.69) is 5.10 Å². The minimum Gasteiger partial charge on any atom is -0.496 e. The largest absolute Gasteiger partial charge is 0.496 e. The molecule has 0 atom stereocenters. The lowest BCUT2D eigenvalue weighted by atomic mass is 10.1. The van der Waals surface area contributed by atoms with E-state index in [0.29, 0.717) is 0 Å².